The highest BCUT2D eigenvalue weighted by molar-refractivity contribution is 6.23. The maximum atomic E-state index is 8.23. The van der Waals surface area contributed by atoms with Crippen molar-refractivity contribution >= 4 is 43.1 Å². The zero-order valence-electron chi connectivity index (χ0n) is 25.4. The van der Waals surface area contributed by atoms with Crippen molar-refractivity contribution < 1.29 is 4.11 Å². The van der Waals surface area contributed by atoms with E-state index in [1.54, 1.807) is 6.07 Å². The lowest BCUT2D eigenvalue weighted by Crippen LogP contribution is -1.92. The molecule has 8 aromatic rings. The molecule has 0 aliphatic carbocycles. The highest BCUT2D eigenvalue weighted by Crippen LogP contribution is 2.45. The standard InChI is InChI=1S/C41H28/c1-27-17-24-38-39(25-27)40(31-21-18-29(19-22-31)33-23-20-28-9-2-3-11-32(28)26-33)36-14-6-7-15-37(36)41(38)35-16-8-12-30-10-4-5-13-34(30)35/h2-26H,1H3/i1D3. The van der Waals surface area contributed by atoms with Gasteiger partial charge in [-0.05, 0) is 89.4 Å². The first-order valence-corrected chi connectivity index (χ1v) is 14.0. The molecule has 0 atom stereocenters. The van der Waals surface area contributed by atoms with E-state index in [1.165, 1.54) is 27.1 Å². The van der Waals surface area contributed by atoms with Gasteiger partial charge in [0.25, 0.3) is 0 Å². The lowest BCUT2D eigenvalue weighted by Gasteiger charge is -2.19. The largest absolute Gasteiger partial charge is 0.0616 e. The van der Waals surface area contributed by atoms with Gasteiger partial charge in [-0.1, -0.05) is 151 Å². The summed E-state index contributed by atoms with van der Waals surface area (Å²) in [5, 5.41) is 9.02. The molecular weight excluding hydrogens is 492 g/mol. The van der Waals surface area contributed by atoms with Crippen LogP contribution in [0.1, 0.15) is 9.68 Å². The zero-order valence-corrected chi connectivity index (χ0v) is 22.4. The summed E-state index contributed by atoms with van der Waals surface area (Å²) in [5.74, 6) is 0. The molecule has 0 amide bonds. The molecule has 0 aliphatic heterocycles. The first-order chi connectivity index (χ1) is 21.5. The molecule has 0 saturated heterocycles. The van der Waals surface area contributed by atoms with E-state index in [9.17, 15) is 0 Å². The number of hydrogen-bond acceptors (Lipinski definition) is 0. The zero-order chi connectivity index (χ0) is 29.8. The second-order valence-electron chi connectivity index (χ2n) is 10.7. The third-order valence-corrected chi connectivity index (χ3v) is 8.34. The fourth-order valence-electron chi connectivity index (χ4n) is 6.42. The highest BCUT2D eigenvalue weighted by Gasteiger charge is 2.18. The number of hydrogen-bond donors (Lipinski definition) is 0. The van der Waals surface area contributed by atoms with Gasteiger partial charge in [0.1, 0.15) is 0 Å². The lowest BCUT2D eigenvalue weighted by molar-refractivity contribution is 1.51. The van der Waals surface area contributed by atoms with E-state index < -0.39 is 6.85 Å². The van der Waals surface area contributed by atoms with Crippen molar-refractivity contribution in [3.8, 4) is 33.4 Å². The number of fused-ring (bicyclic) bond motifs is 4. The predicted octanol–water partition coefficient (Wildman–Crippen LogP) is 11.6. The van der Waals surface area contributed by atoms with Gasteiger partial charge in [0, 0.05) is 4.11 Å². The minimum atomic E-state index is -2.21. The Bertz CT molecular complexity index is 2360. The first-order valence-electron chi connectivity index (χ1n) is 15.5. The van der Waals surface area contributed by atoms with Crippen molar-refractivity contribution in [1.82, 2.24) is 0 Å². The Morgan fingerprint density at radius 2 is 0.976 bits per heavy atom. The molecule has 0 aromatic heterocycles. The smallest absolute Gasteiger partial charge is 0.0280 e. The molecule has 8 aromatic carbocycles. The fourth-order valence-corrected chi connectivity index (χ4v) is 6.42. The van der Waals surface area contributed by atoms with Crippen molar-refractivity contribution in [1.29, 1.82) is 0 Å². The van der Waals surface area contributed by atoms with Gasteiger partial charge in [0.15, 0.2) is 0 Å². The quantitative estimate of drug-likeness (QED) is 0.202. The van der Waals surface area contributed by atoms with Crippen LogP contribution in [0.5, 0.6) is 0 Å². The van der Waals surface area contributed by atoms with E-state index in [2.05, 4.69) is 133 Å². The molecule has 0 unspecified atom stereocenters. The van der Waals surface area contributed by atoms with E-state index in [1.807, 2.05) is 12.1 Å². The van der Waals surface area contributed by atoms with Crippen LogP contribution in [0.15, 0.2) is 152 Å². The Labute approximate surface area is 244 Å². The molecule has 0 spiro atoms. The van der Waals surface area contributed by atoms with E-state index in [0.717, 1.165) is 49.4 Å². The van der Waals surface area contributed by atoms with Gasteiger partial charge in [-0.15, -0.1) is 0 Å². The minimum absolute atomic E-state index is 0.346. The highest BCUT2D eigenvalue weighted by atomic mass is 14.2. The summed E-state index contributed by atoms with van der Waals surface area (Å²) in [6.07, 6.45) is 0. The summed E-state index contributed by atoms with van der Waals surface area (Å²) in [6.45, 7) is -2.21. The summed E-state index contributed by atoms with van der Waals surface area (Å²) in [4.78, 5) is 0. The topological polar surface area (TPSA) is 0 Å². The molecule has 8 rings (SSSR count). The summed E-state index contributed by atoms with van der Waals surface area (Å²) in [6, 6.07) is 52.7. The Kier molecular flexibility index (Phi) is 4.77. The molecule has 0 heterocycles. The molecule has 0 nitrogen and oxygen atoms in total. The van der Waals surface area contributed by atoms with Crippen molar-refractivity contribution in [2.24, 2.45) is 0 Å². The van der Waals surface area contributed by atoms with Crippen LogP contribution in [0, 0.1) is 6.85 Å². The van der Waals surface area contributed by atoms with Crippen LogP contribution in [0.2, 0.25) is 0 Å². The molecule has 0 saturated carbocycles. The van der Waals surface area contributed by atoms with Crippen LogP contribution >= 0.6 is 0 Å². The third kappa shape index (κ3) is 3.91. The first kappa shape index (κ1) is 20.7. The van der Waals surface area contributed by atoms with Gasteiger partial charge in [-0.3, -0.25) is 0 Å². The van der Waals surface area contributed by atoms with Crippen LogP contribution in [0.3, 0.4) is 0 Å². The SMILES string of the molecule is [2H]C([2H])([2H])c1ccc2c(-c3cccc4ccccc34)c3ccccc3c(-c3ccc(-c4ccc5ccccc5c4)cc3)c2c1. The van der Waals surface area contributed by atoms with Gasteiger partial charge < -0.3 is 0 Å². The van der Waals surface area contributed by atoms with Crippen molar-refractivity contribution in [3.63, 3.8) is 0 Å². The normalized spacial score (nSPS) is 12.9. The van der Waals surface area contributed by atoms with Gasteiger partial charge in [-0.25, -0.2) is 0 Å². The van der Waals surface area contributed by atoms with E-state index >= 15 is 0 Å². The Morgan fingerprint density at radius 3 is 1.78 bits per heavy atom. The maximum absolute atomic E-state index is 8.23. The lowest BCUT2D eigenvalue weighted by atomic mass is 9.84. The number of aryl methyl sites for hydroxylation is 1. The average molecular weight is 524 g/mol. The average Bonchev–Trinajstić information content (AvgIpc) is 3.06. The molecule has 0 aliphatic rings. The van der Waals surface area contributed by atoms with E-state index in [4.69, 9.17) is 4.11 Å². The second kappa shape index (κ2) is 9.47. The van der Waals surface area contributed by atoms with Crippen molar-refractivity contribution in [2.45, 2.75) is 6.85 Å². The summed E-state index contributed by atoms with van der Waals surface area (Å²) >= 11 is 0. The Hall–Kier alpha value is -5.20. The second-order valence-corrected chi connectivity index (χ2v) is 10.7. The molecule has 0 radical (unpaired) electrons. The minimum Gasteiger partial charge on any atom is -0.0616 e. The van der Waals surface area contributed by atoms with Crippen molar-refractivity contribution in [2.75, 3.05) is 0 Å². The third-order valence-electron chi connectivity index (χ3n) is 8.34. The summed E-state index contributed by atoms with van der Waals surface area (Å²) in [7, 11) is 0. The van der Waals surface area contributed by atoms with E-state index in [0.29, 0.717) is 5.56 Å². The Balaban J connectivity index is 1.41. The van der Waals surface area contributed by atoms with Crippen LogP contribution in [0.25, 0.3) is 76.5 Å². The fraction of sp³-hybridized carbons (Fsp3) is 0.0244. The van der Waals surface area contributed by atoms with Crippen LogP contribution < -0.4 is 0 Å². The Morgan fingerprint density at radius 1 is 0.366 bits per heavy atom. The monoisotopic (exact) mass is 523 g/mol. The molecule has 0 fully saturated rings. The molecule has 0 N–H and O–H groups in total. The van der Waals surface area contributed by atoms with Crippen LogP contribution in [-0.4, -0.2) is 0 Å². The van der Waals surface area contributed by atoms with Crippen LogP contribution in [0.4, 0.5) is 0 Å². The number of rotatable bonds is 3. The van der Waals surface area contributed by atoms with Gasteiger partial charge in [0.2, 0.25) is 0 Å². The molecule has 41 heavy (non-hydrogen) atoms. The summed E-state index contributed by atoms with van der Waals surface area (Å²) < 4.78 is 24.7. The number of benzene rings is 8. The predicted molar refractivity (Wildman–Crippen MR) is 178 cm³/mol. The molecule has 192 valence electrons. The van der Waals surface area contributed by atoms with Crippen LogP contribution in [-0.2, 0) is 0 Å². The van der Waals surface area contributed by atoms with Crippen molar-refractivity contribution in [3.05, 3.63) is 157 Å². The molecular formula is C41H28. The van der Waals surface area contributed by atoms with Gasteiger partial charge >= 0.3 is 0 Å². The molecule has 0 heteroatoms. The summed E-state index contributed by atoms with van der Waals surface area (Å²) in [5.41, 5.74) is 7.03. The van der Waals surface area contributed by atoms with Gasteiger partial charge in [-0.2, -0.15) is 0 Å². The van der Waals surface area contributed by atoms with Gasteiger partial charge in [0.05, 0.1) is 0 Å². The molecule has 0 bridgehead atoms. The van der Waals surface area contributed by atoms with E-state index in [-0.39, 0.29) is 0 Å². The maximum Gasteiger partial charge on any atom is 0.0280 e.